The standard InChI is InChI=1S/C15H16ClN5/c16-13-5-4-11(12(7-13)8-17)9-21-6-2-1-3-14(21)15-18-10-19-20-15/h4-5,7,10,14H,1-3,6,9H2,(H,18,19,20)/t14-/m1/s1. The van der Waals surface area contributed by atoms with E-state index >= 15 is 0 Å². The van der Waals surface area contributed by atoms with Gasteiger partial charge in [0.15, 0.2) is 0 Å². The number of nitrogens with zero attached hydrogens (tertiary/aromatic N) is 4. The van der Waals surface area contributed by atoms with E-state index in [1.165, 1.54) is 12.8 Å². The molecule has 0 spiro atoms. The lowest BCUT2D eigenvalue weighted by Crippen LogP contribution is -2.33. The highest BCUT2D eigenvalue weighted by Crippen LogP contribution is 2.30. The van der Waals surface area contributed by atoms with E-state index in [9.17, 15) is 5.26 Å². The molecule has 6 heteroatoms. The second-order valence-electron chi connectivity index (χ2n) is 5.27. The largest absolute Gasteiger partial charge is 0.289 e. The Morgan fingerprint density at radius 3 is 3.10 bits per heavy atom. The number of nitriles is 1. The van der Waals surface area contributed by atoms with Gasteiger partial charge in [0.1, 0.15) is 12.2 Å². The number of nitrogens with one attached hydrogen (secondary N) is 1. The maximum absolute atomic E-state index is 9.27. The van der Waals surface area contributed by atoms with E-state index in [2.05, 4.69) is 26.2 Å². The van der Waals surface area contributed by atoms with Crippen LogP contribution < -0.4 is 0 Å². The number of rotatable bonds is 3. The molecule has 108 valence electrons. The highest BCUT2D eigenvalue weighted by Gasteiger charge is 2.26. The Bertz CT molecular complexity index is 647. The third-order valence-corrected chi connectivity index (χ3v) is 4.16. The van der Waals surface area contributed by atoms with Crippen molar-refractivity contribution in [1.82, 2.24) is 20.1 Å². The van der Waals surface area contributed by atoms with Crippen LogP contribution in [-0.2, 0) is 6.54 Å². The van der Waals surface area contributed by atoms with E-state index in [4.69, 9.17) is 11.6 Å². The summed E-state index contributed by atoms with van der Waals surface area (Å²) in [6, 6.07) is 7.97. The van der Waals surface area contributed by atoms with Crippen LogP contribution in [0.15, 0.2) is 24.5 Å². The third kappa shape index (κ3) is 3.07. The molecule has 1 aromatic heterocycles. The predicted octanol–water partition coefficient (Wildman–Crippen LogP) is 3.06. The third-order valence-electron chi connectivity index (χ3n) is 3.93. The van der Waals surface area contributed by atoms with Crippen molar-refractivity contribution in [3.05, 3.63) is 46.5 Å². The van der Waals surface area contributed by atoms with Gasteiger partial charge in [0.2, 0.25) is 0 Å². The first kappa shape index (κ1) is 14.1. The van der Waals surface area contributed by atoms with Gasteiger partial charge in [-0.3, -0.25) is 10.00 Å². The van der Waals surface area contributed by atoms with Gasteiger partial charge in [-0.1, -0.05) is 24.1 Å². The van der Waals surface area contributed by atoms with Crippen molar-refractivity contribution in [3.63, 3.8) is 0 Å². The van der Waals surface area contributed by atoms with Crippen molar-refractivity contribution in [2.75, 3.05) is 6.54 Å². The second-order valence-corrected chi connectivity index (χ2v) is 5.70. The Labute approximate surface area is 128 Å². The summed E-state index contributed by atoms with van der Waals surface area (Å²) in [4.78, 5) is 6.65. The number of benzene rings is 1. The van der Waals surface area contributed by atoms with Gasteiger partial charge in [0.05, 0.1) is 17.7 Å². The monoisotopic (exact) mass is 301 g/mol. The topological polar surface area (TPSA) is 68.6 Å². The molecule has 1 aliphatic heterocycles. The predicted molar refractivity (Wildman–Crippen MR) is 79.6 cm³/mol. The number of hydrogen-bond donors (Lipinski definition) is 1. The zero-order valence-corrected chi connectivity index (χ0v) is 12.3. The molecule has 1 atom stereocenters. The number of halogens is 1. The Kier molecular flexibility index (Phi) is 4.18. The number of aromatic amines is 1. The highest BCUT2D eigenvalue weighted by molar-refractivity contribution is 6.30. The number of aromatic nitrogens is 3. The quantitative estimate of drug-likeness (QED) is 0.946. The molecule has 0 radical (unpaired) electrons. The van der Waals surface area contributed by atoms with Gasteiger partial charge in [-0.25, -0.2) is 4.98 Å². The van der Waals surface area contributed by atoms with E-state index in [0.29, 0.717) is 10.6 Å². The number of likely N-dealkylation sites (tertiary alicyclic amines) is 1. The van der Waals surface area contributed by atoms with Gasteiger partial charge in [0.25, 0.3) is 0 Å². The zero-order chi connectivity index (χ0) is 14.7. The molecule has 2 heterocycles. The van der Waals surface area contributed by atoms with Gasteiger partial charge < -0.3 is 0 Å². The molecule has 0 amide bonds. The average molecular weight is 302 g/mol. The second kappa shape index (κ2) is 6.25. The molecule has 5 nitrogen and oxygen atoms in total. The zero-order valence-electron chi connectivity index (χ0n) is 11.6. The molecule has 3 rings (SSSR count). The first-order chi connectivity index (χ1) is 10.3. The Morgan fingerprint density at radius 2 is 2.33 bits per heavy atom. The normalized spacial score (nSPS) is 19.3. The Morgan fingerprint density at radius 1 is 1.43 bits per heavy atom. The molecular formula is C15H16ClN5. The van der Waals surface area contributed by atoms with Crippen molar-refractivity contribution in [3.8, 4) is 6.07 Å². The van der Waals surface area contributed by atoms with Crippen molar-refractivity contribution >= 4 is 11.6 Å². The lowest BCUT2D eigenvalue weighted by Gasteiger charge is -2.34. The number of hydrogen-bond acceptors (Lipinski definition) is 4. The average Bonchev–Trinajstić information content (AvgIpc) is 3.03. The Balaban J connectivity index is 1.84. The molecule has 2 aromatic rings. The van der Waals surface area contributed by atoms with Crippen LogP contribution >= 0.6 is 11.6 Å². The van der Waals surface area contributed by atoms with E-state index in [-0.39, 0.29) is 6.04 Å². The Hall–Kier alpha value is -1.90. The van der Waals surface area contributed by atoms with Gasteiger partial charge >= 0.3 is 0 Å². The molecule has 1 saturated heterocycles. The van der Waals surface area contributed by atoms with E-state index < -0.39 is 0 Å². The number of H-pyrrole nitrogens is 1. The van der Waals surface area contributed by atoms with Crippen LogP contribution in [0.1, 0.15) is 42.3 Å². The van der Waals surface area contributed by atoms with Crippen LogP contribution in [0.3, 0.4) is 0 Å². The summed E-state index contributed by atoms with van der Waals surface area (Å²) in [5.74, 6) is 0.905. The fourth-order valence-corrected chi connectivity index (χ4v) is 3.05. The molecule has 0 aliphatic carbocycles. The number of piperidine rings is 1. The van der Waals surface area contributed by atoms with Crippen LogP contribution in [0.5, 0.6) is 0 Å². The summed E-state index contributed by atoms with van der Waals surface area (Å²) in [6.45, 7) is 1.73. The van der Waals surface area contributed by atoms with E-state index in [0.717, 1.165) is 30.9 Å². The van der Waals surface area contributed by atoms with Crippen LogP contribution in [0, 0.1) is 11.3 Å². The van der Waals surface area contributed by atoms with Crippen LogP contribution in [-0.4, -0.2) is 26.6 Å². The van der Waals surface area contributed by atoms with Crippen molar-refractivity contribution in [2.24, 2.45) is 0 Å². The smallest absolute Gasteiger partial charge is 0.141 e. The fourth-order valence-electron chi connectivity index (χ4n) is 2.87. The van der Waals surface area contributed by atoms with Crippen LogP contribution in [0.25, 0.3) is 0 Å². The molecule has 21 heavy (non-hydrogen) atoms. The summed E-state index contributed by atoms with van der Waals surface area (Å²) in [5.41, 5.74) is 1.65. The fraction of sp³-hybridized carbons (Fsp3) is 0.400. The highest BCUT2D eigenvalue weighted by atomic mass is 35.5. The van der Waals surface area contributed by atoms with Crippen LogP contribution in [0.2, 0.25) is 5.02 Å². The first-order valence-corrected chi connectivity index (χ1v) is 7.43. The molecule has 0 saturated carbocycles. The van der Waals surface area contributed by atoms with Crippen LogP contribution in [0.4, 0.5) is 0 Å². The van der Waals surface area contributed by atoms with E-state index in [1.54, 1.807) is 12.4 Å². The summed E-state index contributed by atoms with van der Waals surface area (Å²) in [6.07, 6.45) is 4.96. The van der Waals surface area contributed by atoms with Gasteiger partial charge in [-0.15, -0.1) is 0 Å². The lowest BCUT2D eigenvalue weighted by atomic mass is 9.99. The first-order valence-electron chi connectivity index (χ1n) is 7.06. The summed E-state index contributed by atoms with van der Waals surface area (Å²) in [5, 5.41) is 16.8. The van der Waals surface area contributed by atoms with Gasteiger partial charge in [-0.05, 0) is 37.1 Å². The molecule has 1 fully saturated rings. The maximum Gasteiger partial charge on any atom is 0.141 e. The van der Waals surface area contributed by atoms with E-state index in [1.807, 2.05) is 12.1 Å². The maximum atomic E-state index is 9.27. The molecule has 1 aromatic carbocycles. The minimum atomic E-state index is 0.239. The summed E-state index contributed by atoms with van der Waals surface area (Å²) < 4.78 is 0. The molecule has 1 N–H and O–H groups in total. The van der Waals surface area contributed by atoms with Crippen molar-refractivity contribution in [2.45, 2.75) is 31.8 Å². The molecule has 1 aliphatic rings. The minimum Gasteiger partial charge on any atom is -0.289 e. The van der Waals surface area contributed by atoms with Gasteiger partial charge in [0, 0.05) is 11.6 Å². The lowest BCUT2D eigenvalue weighted by molar-refractivity contribution is 0.134. The van der Waals surface area contributed by atoms with Gasteiger partial charge in [-0.2, -0.15) is 10.4 Å². The summed E-state index contributed by atoms with van der Waals surface area (Å²) >= 11 is 5.96. The molecule has 0 unspecified atom stereocenters. The van der Waals surface area contributed by atoms with Crippen molar-refractivity contribution < 1.29 is 0 Å². The summed E-state index contributed by atoms with van der Waals surface area (Å²) in [7, 11) is 0. The van der Waals surface area contributed by atoms with Crippen molar-refractivity contribution in [1.29, 1.82) is 5.26 Å². The molecular weight excluding hydrogens is 286 g/mol. The SMILES string of the molecule is N#Cc1cc(Cl)ccc1CN1CCCC[C@@H]1c1ncn[nH]1. The minimum absolute atomic E-state index is 0.239. The molecule has 0 bridgehead atoms.